The van der Waals surface area contributed by atoms with Crippen LogP contribution in [0.2, 0.25) is 5.02 Å². The van der Waals surface area contributed by atoms with Gasteiger partial charge in [0.15, 0.2) is 0 Å². The molecule has 0 radical (unpaired) electrons. The highest BCUT2D eigenvalue weighted by molar-refractivity contribution is 6.33. The zero-order valence-corrected chi connectivity index (χ0v) is 10.5. The minimum absolute atomic E-state index is 0.0454. The van der Waals surface area contributed by atoms with Gasteiger partial charge in [-0.25, -0.2) is 9.97 Å². The van der Waals surface area contributed by atoms with Gasteiger partial charge in [-0.05, 0) is 24.3 Å². The van der Waals surface area contributed by atoms with E-state index in [0.717, 1.165) is 18.2 Å². The SMILES string of the molecule is N#Cc1nccc(Nc2cc(C(F)(F)F)ccc2Cl)n1. The first-order valence-electron chi connectivity index (χ1n) is 5.27. The number of nitrogens with one attached hydrogen (secondary N) is 1. The van der Waals surface area contributed by atoms with Gasteiger partial charge < -0.3 is 5.32 Å². The van der Waals surface area contributed by atoms with E-state index < -0.39 is 11.7 Å². The number of aromatic nitrogens is 2. The Morgan fingerprint density at radius 1 is 1.25 bits per heavy atom. The molecule has 0 aliphatic rings. The molecule has 0 aliphatic heterocycles. The molecule has 2 rings (SSSR count). The van der Waals surface area contributed by atoms with E-state index in [1.54, 1.807) is 6.07 Å². The molecule has 0 aliphatic carbocycles. The Bertz CT molecular complexity index is 679. The van der Waals surface area contributed by atoms with Crippen molar-refractivity contribution in [1.82, 2.24) is 9.97 Å². The minimum atomic E-state index is -4.47. The van der Waals surface area contributed by atoms with Crippen molar-refractivity contribution in [2.45, 2.75) is 6.18 Å². The summed E-state index contributed by atoms with van der Waals surface area (Å²) in [5, 5.41) is 11.4. The normalized spacial score (nSPS) is 10.9. The quantitative estimate of drug-likeness (QED) is 0.917. The van der Waals surface area contributed by atoms with E-state index in [9.17, 15) is 13.2 Å². The van der Waals surface area contributed by atoms with Gasteiger partial charge in [0.1, 0.15) is 11.9 Å². The van der Waals surface area contributed by atoms with Crippen molar-refractivity contribution in [1.29, 1.82) is 5.26 Å². The molecular formula is C12H6ClF3N4. The van der Waals surface area contributed by atoms with Crippen molar-refractivity contribution >= 4 is 23.1 Å². The molecule has 0 fully saturated rings. The fraction of sp³-hybridized carbons (Fsp3) is 0.0833. The molecule has 0 amide bonds. The third-order valence-corrected chi connectivity index (χ3v) is 2.64. The van der Waals surface area contributed by atoms with E-state index in [2.05, 4.69) is 15.3 Å². The second-order valence-corrected chi connectivity index (χ2v) is 4.10. The average molecular weight is 299 g/mol. The molecule has 20 heavy (non-hydrogen) atoms. The van der Waals surface area contributed by atoms with Crippen molar-refractivity contribution in [3.05, 3.63) is 46.9 Å². The Morgan fingerprint density at radius 3 is 2.65 bits per heavy atom. The van der Waals surface area contributed by atoms with Crippen LogP contribution in [-0.4, -0.2) is 9.97 Å². The van der Waals surface area contributed by atoms with Gasteiger partial charge in [-0.3, -0.25) is 0 Å². The molecule has 1 aromatic carbocycles. The first-order valence-corrected chi connectivity index (χ1v) is 5.65. The number of benzene rings is 1. The fourth-order valence-electron chi connectivity index (χ4n) is 1.42. The van der Waals surface area contributed by atoms with Crippen LogP contribution in [0.4, 0.5) is 24.7 Å². The molecule has 8 heteroatoms. The first-order chi connectivity index (χ1) is 9.40. The van der Waals surface area contributed by atoms with Crippen LogP contribution in [-0.2, 0) is 6.18 Å². The molecule has 0 atom stereocenters. The predicted molar refractivity (Wildman–Crippen MR) is 66.5 cm³/mol. The summed E-state index contributed by atoms with van der Waals surface area (Å²) in [6.45, 7) is 0. The lowest BCUT2D eigenvalue weighted by atomic mass is 10.2. The summed E-state index contributed by atoms with van der Waals surface area (Å²) in [6, 6.07) is 6.03. The number of anilines is 2. The fourth-order valence-corrected chi connectivity index (χ4v) is 1.58. The molecule has 0 saturated carbocycles. The molecule has 0 saturated heterocycles. The summed E-state index contributed by atoms with van der Waals surface area (Å²) >= 11 is 5.83. The zero-order valence-electron chi connectivity index (χ0n) is 9.74. The summed E-state index contributed by atoms with van der Waals surface area (Å²) in [6.07, 6.45) is -3.15. The van der Waals surface area contributed by atoms with Crippen LogP contribution in [0, 0.1) is 11.3 Å². The van der Waals surface area contributed by atoms with Gasteiger partial charge >= 0.3 is 6.18 Å². The lowest BCUT2D eigenvalue weighted by Gasteiger charge is -2.11. The summed E-state index contributed by atoms with van der Waals surface area (Å²) in [4.78, 5) is 7.45. The number of alkyl halides is 3. The van der Waals surface area contributed by atoms with Gasteiger partial charge in [-0.15, -0.1) is 0 Å². The standard InChI is InChI=1S/C12H6ClF3N4/c13-8-2-1-7(12(14,15)16)5-9(8)19-10-3-4-18-11(6-17)20-10/h1-5H,(H,18,19,20). The van der Waals surface area contributed by atoms with Gasteiger partial charge in [0.05, 0.1) is 16.3 Å². The van der Waals surface area contributed by atoms with Crippen LogP contribution >= 0.6 is 11.6 Å². The minimum Gasteiger partial charge on any atom is -0.339 e. The third kappa shape index (κ3) is 3.16. The number of hydrogen-bond donors (Lipinski definition) is 1. The molecule has 0 spiro atoms. The molecular weight excluding hydrogens is 293 g/mol. The number of halogens is 4. The van der Waals surface area contributed by atoms with E-state index in [0.29, 0.717) is 0 Å². The molecule has 1 heterocycles. The Kier molecular flexibility index (Phi) is 3.77. The molecule has 1 N–H and O–H groups in total. The summed E-state index contributed by atoms with van der Waals surface area (Å²) in [7, 11) is 0. The van der Waals surface area contributed by atoms with E-state index in [-0.39, 0.29) is 22.4 Å². The van der Waals surface area contributed by atoms with Gasteiger partial charge in [-0.2, -0.15) is 18.4 Å². The lowest BCUT2D eigenvalue weighted by Crippen LogP contribution is -2.06. The maximum absolute atomic E-state index is 12.6. The van der Waals surface area contributed by atoms with Gasteiger partial charge in [-0.1, -0.05) is 11.6 Å². The average Bonchev–Trinajstić information content (AvgIpc) is 2.40. The van der Waals surface area contributed by atoms with E-state index >= 15 is 0 Å². The van der Waals surface area contributed by atoms with Crippen LogP contribution in [0.15, 0.2) is 30.5 Å². The number of rotatable bonds is 2. The van der Waals surface area contributed by atoms with Crippen LogP contribution in [0.1, 0.15) is 11.4 Å². The lowest BCUT2D eigenvalue weighted by molar-refractivity contribution is -0.137. The maximum Gasteiger partial charge on any atom is 0.416 e. The largest absolute Gasteiger partial charge is 0.416 e. The van der Waals surface area contributed by atoms with Crippen molar-refractivity contribution in [2.75, 3.05) is 5.32 Å². The van der Waals surface area contributed by atoms with Gasteiger partial charge in [0.2, 0.25) is 5.82 Å². The van der Waals surface area contributed by atoms with E-state index in [1.165, 1.54) is 12.3 Å². The van der Waals surface area contributed by atoms with Gasteiger partial charge in [0, 0.05) is 6.20 Å². The van der Waals surface area contributed by atoms with Crippen LogP contribution < -0.4 is 5.32 Å². The Balaban J connectivity index is 2.35. The predicted octanol–water partition coefficient (Wildman–Crippen LogP) is 3.76. The zero-order chi connectivity index (χ0) is 14.8. The molecule has 102 valence electrons. The summed E-state index contributed by atoms with van der Waals surface area (Å²) in [5.41, 5.74) is -0.789. The van der Waals surface area contributed by atoms with Crippen molar-refractivity contribution in [2.24, 2.45) is 0 Å². The van der Waals surface area contributed by atoms with Crippen molar-refractivity contribution < 1.29 is 13.2 Å². The van der Waals surface area contributed by atoms with E-state index in [1.807, 2.05) is 0 Å². The highest BCUT2D eigenvalue weighted by atomic mass is 35.5. The number of hydrogen-bond acceptors (Lipinski definition) is 4. The number of nitrogens with zero attached hydrogens (tertiary/aromatic N) is 3. The summed E-state index contributed by atoms with van der Waals surface area (Å²) < 4.78 is 37.9. The highest BCUT2D eigenvalue weighted by Crippen LogP contribution is 2.34. The topological polar surface area (TPSA) is 61.6 Å². The van der Waals surface area contributed by atoms with Crippen molar-refractivity contribution in [3.63, 3.8) is 0 Å². The third-order valence-electron chi connectivity index (χ3n) is 2.31. The monoisotopic (exact) mass is 298 g/mol. The Labute approximate surface area is 116 Å². The summed E-state index contributed by atoms with van der Waals surface area (Å²) in [5.74, 6) is 0.0795. The van der Waals surface area contributed by atoms with Crippen LogP contribution in [0.5, 0.6) is 0 Å². The van der Waals surface area contributed by atoms with E-state index in [4.69, 9.17) is 16.9 Å². The second-order valence-electron chi connectivity index (χ2n) is 3.69. The second kappa shape index (κ2) is 5.35. The maximum atomic E-state index is 12.6. The molecule has 2 aromatic rings. The molecule has 1 aromatic heterocycles. The Hall–Kier alpha value is -2.33. The first kappa shape index (κ1) is 14.1. The highest BCUT2D eigenvalue weighted by Gasteiger charge is 2.31. The molecule has 4 nitrogen and oxygen atoms in total. The Morgan fingerprint density at radius 2 is 2.00 bits per heavy atom. The molecule has 0 bridgehead atoms. The van der Waals surface area contributed by atoms with Gasteiger partial charge in [0.25, 0.3) is 0 Å². The smallest absolute Gasteiger partial charge is 0.339 e. The molecule has 0 unspecified atom stereocenters. The number of nitriles is 1. The van der Waals surface area contributed by atoms with Crippen molar-refractivity contribution in [3.8, 4) is 6.07 Å². The van der Waals surface area contributed by atoms with Crippen LogP contribution in [0.25, 0.3) is 0 Å². The van der Waals surface area contributed by atoms with Crippen LogP contribution in [0.3, 0.4) is 0 Å².